The van der Waals surface area contributed by atoms with E-state index < -0.39 is 23.2 Å². The third-order valence-electron chi connectivity index (χ3n) is 8.28. The second-order valence-corrected chi connectivity index (χ2v) is 12.5. The molecule has 1 aliphatic rings. The summed E-state index contributed by atoms with van der Waals surface area (Å²) < 4.78 is 43.9. The van der Waals surface area contributed by atoms with Crippen molar-refractivity contribution < 1.29 is 23.1 Å². The summed E-state index contributed by atoms with van der Waals surface area (Å²) in [5.74, 6) is 6.27. The first-order chi connectivity index (χ1) is 23.3. The van der Waals surface area contributed by atoms with E-state index in [0.717, 1.165) is 24.7 Å². The van der Waals surface area contributed by atoms with Crippen molar-refractivity contribution in [2.75, 3.05) is 36.8 Å². The molecule has 1 fully saturated rings. The van der Waals surface area contributed by atoms with E-state index >= 15 is 0 Å². The molecule has 2 aromatic carbocycles. The number of aromatic nitrogens is 3. The number of piperazine rings is 1. The van der Waals surface area contributed by atoms with E-state index in [2.05, 4.69) is 37.8 Å². The standard InChI is InChI=1S/C37H36F3N7O2/c1-24-9-10-26(35(48)43-28-13-11-27(30(21-28)37(38,39)40)23-46-18-15-41-16-19-46)20-25(24)12-14-29-22-42-34-31(6-5-17-47(29)34)44-33-8-4-7-32(45-33)36(2,3)49/h4-11,13,17,20-22,41,49H,15-16,18-19,23H2,1-3H3,(H,43,48)(H,44,45). The number of benzene rings is 2. The number of anilines is 3. The number of alkyl halides is 3. The fourth-order valence-corrected chi connectivity index (χ4v) is 5.58. The number of halogens is 3. The van der Waals surface area contributed by atoms with Crippen LogP contribution in [0.25, 0.3) is 5.65 Å². The highest BCUT2D eigenvalue weighted by Gasteiger charge is 2.34. The van der Waals surface area contributed by atoms with E-state index in [-0.39, 0.29) is 23.4 Å². The van der Waals surface area contributed by atoms with Gasteiger partial charge in [0.1, 0.15) is 17.1 Å². The van der Waals surface area contributed by atoms with Gasteiger partial charge in [0.2, 0.25) is 0 Å². The Hall–Kier alpha value is -5.22. The van der Waals surface area contributed by atoms with Crippen LogP contribution in [0.1, 0.15) is 57.8 Å². The van der Waals surface area contributed by atoms with Crippen molar-refractivity contribution in [3.05, 3.63) is 118 Å². The topological polar surface area (TPSA) is 107 Å². The molecule has 0 spiro atoms. The maximum Gasteiger partial charge on any atom is 0.416 e. The number of hydrogen-bond acceptors (Lipinski definition) is 7. The first kappa shape index (κ1) is 33.7. The van der Waals surface area contributed by atoms with Gasteiger partial charge in [0, 0.05) is 55.7 Å². The summed E-state index contributed by atoms with van der Waals surface area (Å²) in [6, 6.07) is 18.0. The van der Waals surface area contributed by atoms with Gasteiger partial charge in [0.25, 0.3) is 5.91 Å². The molecule has 0 bridgehead atoms. The molecular weight excluding hydrogens is 631 g/mol. The molecule has 9 nitrogen and oxygen atoms in total. The second kappa shape index (κ2) is 13.7. The first-order valence-corrected chi connectivity index (χ1v) is 15.9. The van der Waals surface area contributed by atoms with Crippen molar-refractivity contribution in [2.24, 2.45) is 0 Å². The van der Waals surface area contributed by atoms with Crippen LogP contribution in [0.2, 0.25) is 0 Å². The van der Waals surface area contributed by atoms with Crippen molar-refractivity contribution in [2.45, 2.75) is 39.1 Å². The Morgan fingerprint density at radius 1 is 1.02 bits per heavy atom. The molecule has 0 unspecified atom stereocenters. The fraction of sp³-hybridized carbons (Fsp3) is 0.270. The number of imidazole rings is 1. The van der Waals surface area contributed by atoms with Crippen LogP contribution in [0.15, 0.2) is 79.1 Å². The van der Waals surface area contributed by atoms with E-state index in [4.69, 9.17) is 0 Å². The van der Waals surface area contributed by atoms with Crippen LogP contribution in [-0.4, -0.2) is 56.5 Å². The van der Waals surface area contributed by atoms with Gasteiger partial charge in [0.05, 0.1) is 23.1 Å². The SMILES string of the molecule is Cc1ccc(C(=O)Nc2ccc(CN3CCNCC3)c(C(F)(F)F)c2)cc1C#Cc1cnc2c(Nc3cccc(C(C)(C)O)n3)cccn12. The van der Waals surface area contributed by atoms with Crippen LogP contribution >= 0.6 is 0 Å². The minimum Gasteiger partial charge on any atom is -0.384 e. The van der Waals surface area contributed by atoms with Crippen molar-refractivity contribution in [1.29, 1.82) is 0 Å². The molecule has 0 radical (unpaired) electrons. The molecule has 6 rings (SSSR count). The molecule has 49 heavy (non-hydrogen) atoms. The quantitative estimate of drug-likeness (QED) is 0.156. The van der Waals surface area contributed by atoms with E-state index in [9.17, 15) is 23.1 Å². The van der Waals surface area contributed by atoms with Crippen LogP contribution in [-0.2, 0) is 18.3 Å². The number of hydrogen-bond donors (Lipinski definition) is 4. The highest BCUT2D eigenvalue weighted by Crippen LogP contribution is 2.35. The third kappa shape index (κ3) is 7.92. The summed E-state index contributed by atoms with van der Waals surface area (Å²) in [6.07, 6.45) is -1.09. The highest BCUT2D eigenvalue weighted by molar-refractivity contribution is 6.04. The monoisotopic (exact) mass is 667 g/mol. The zero-order valence-corrected chi connectivity index (χ0v) is 27.3. The lowest BCUT2D eigenvalue weighted by molar-refractivity contribution is -0.138. The van der Waals surface area contributed by atoms with Gasteiger partial charge in [-0.15, -0.1) is 0 Å². The van der Waals surface area contributed by atoms with Crippen molar-refractivity contribution in [3.8, 4) is 11.8 Å². The minimum atomic E-state index is -4.57. The van der Waals surface area contributed by atoms with Gasteiger partial charge >= 0.3 is 6.18 Å². The Balaban J connectivity index is 1.21. The Kier molecular flexibility index (Phi) is 9.43. The number of aliphatic hydroxyl groups is 1. The number of amides is 1. The minimum absolute atomic E-state index is 0.0618. The normalized spacial score (nSPS) is 13.9. The van der Waals surface area contributed by atoms with Gasteiger partial charge in [-0.1, -0.05) is 24.1 Å². The largest absolute Gasteiger partial charge is 0.416 e. The number of nitrogens with zero attached hydrogens (tertiary/aromatic N) is 4. The maximum absolute atomic E-state index is 14.0. The molecule has 1 amide bonds. The third-order valence-corrected chi connectivity index (χ3v) is 8.28. The average molecular weight is 668 g/mol. The number of carbonyl (C=O) groups is 1. The molecule has 1 aliphatic heterocycles. The fourth-order valence-electron chi connectivity index (χ4n) is 5.58. The predicted molar refractivity (Wildman–Crippen MR) is 183 cm³/mol. The smallest absolute Gasteiger partial charge is 0.384 e. The molecule has 0 atom stereocenters. The number of pyridine rings is 2. The van der Waals surface area contributed by atoms with E-state index in [1.54, 1.807) is 50.4 Å². The molecule has 4 heterocycles. The average Bonchev–Trinajstić information content (AvgIpc) is 3.49. The summed E-state index contributed by atoms with van der Waals surface area (Å²) >= 11 is 0. The number of carbonyl (C=O) groups excluding carboxylic acids is 1. The summed E-state index contributed by atoms with van der Waals surface area (Å²) in [4.78, 5) is 24.3. The van der Waals surface area contributed by atoms with Crippen LogP contribution < -0.4 is 16.0 Å². The molecule has 0 saturated carbocycles. The van der Waals surface area contributed by atoms with Gasteiger partial charge in [-0.2, -0.15) is 13.2 Å². The van der Waals surface area contributed by atoms with Gasteiger partial charge in [-0.3, -0.25) is 14.1 Å². The van der Waals surface area contributed by atoms with Crippen molar-refractivity contribution >= 4 is 28.7 Å². The lowest BCUT2D eigenvalue weighted by Crippen LogP contribution is -2.43. The maximum atomic E-state index is 14.0. The summed E-state index contributed by atoms with van der Waals surface area (Å²) in [5.41, 5.74) is 2.50. The van der Waals surface area contributed by atoms with Gasteiger partial charge in [-0.05, 0) is 86.3 Å². The Bertz CT molecular complexity index is 2070. The molecule has 0 aliphatic carbocycles. The number of nitrogens with one attached hydrogen (secondary N) is 3. The number of fused-ring (bicyclic) bond motifs is 1. The van der Waals surface area contributed by atoms with Gasteiger partial charge in [0.15, 0.2) is 5.65 Å². The van der Waals surface area contributed by atoms with Crippen molar-refractivity contribution in [1.82, 2.24) is 24.6 Å². The molecule has 3 aromatic heterocycles. The van der Waals surface area contributed by atoms with E-state index in [1.165, 1.54) is 12.1 Å². The molecular formula is C37H36F3N7O2. The summed E-state index contributed by atoms with van der Waals surface area (Å²) in [5, 5.41) is 19.4. The highest BCUT2D eigenvalue weighted by atomic mass is 19.4. The van der Waals surface area contributed by atoms with Gasteiger partial charge < -0.3 is 21.1 Å². The van der Waals surface area contributed by atoms with E-state index in [0.29, 0.717) is 47.2 Å². The Morgan fingerprint density at radius 2 is 1.82 bits per heavy atom. The van der Waals surface area contributed by atoms with Crippen LogP contribution in [0.3, 0.4) is 0 Å². The first-order valence-electron chi connectivity index (χ1n) is 15.9. The van der Waals surface area contributed by atoms with E-state index in [1.807, 2.05) is 40.6 Å². The zero-order valence-electron chi connectivity index (χ0n) is 27.3. The molecule has 4 N–H and O–H groups in total. The van der Waals surface area contributed by atoms with Crippen LogP contribution in [0.5, 0.6) is 0 Å². The predicted octanol–water partition coefficient (Wildman–Crippen LogP) is 6.08. The summed E-state index contributed by atoms with van der Waals surface area (Å²) in [7, 11) is 0. The lowest BCUT2D eigenvalue weighted by atomic mass is 10.0. The Labute approximate surface area is 282 Å². The summed E-state index contributed by atoms with van der Waals surface area (Å²) in [6.45, 7) is 8.19. The van der Waals surface area contributed by atoms with Crippen molar-refractivity contribution in [3.63, 3.8) is 0 Å². The lowest BCUT2D eigenvalue weighted by Gasteiger charge is -2.28. The molecule has 252 valence electrons. The number of rotatable bonds is 7. The Morgan fingerprint density at radius 3 is 2.57 bits per heavy atom. The van der Waals surface area contributed by atoms with Gasteiger partial charge in [-0.25, -0.2) is 9.97 Å². The number of aryl methyl sites for hydroxylation is 1. The molecule has 1 saturated heterocycles. The molecule has 12 heteroatoms. The molecule has 5 aromatic rings. The van der Waals surface area contributed by atoms with Crippen LogP contribution in [0, 0.1) is 18.8 Å². The van der Waals surface area contributed by atoms with Crippen LogP contribution in [0.4, 0.5) is 30.4 Å². The zero-order chi connectivity index (χ0) is 34.8. The second-order valence-electron chi connectivity index (χ2n) is 12.5.